The van der Waals surface area contributed by atoms with Crippen LogP contribution >= 0.6 is 11.3 Å². The number of nitrogens with one attached hydrogen (secondary N) is 1. The lowest BCUT2D eigenvalue weighted by Crippen LogP contribution is -2.55. The normalized spacial score (nSPS) is 15.4. The summed E-state index contributed by atoms with van der Waals surface area (Å²) in [6, 6.07) is 0. The number of carbonyl (C=O) groups is 1. The van der Waals surface area contributed by atoms with Gasteiger partial charge in [0.1, 0.15) is 0 Å². The molecule has 0 saturated heterocycles. The van der Waals surface area contributed by atoms with Crippen molar-refractivity contribution in [3.63, 3.8) is 0 Å². The number of aryl methyl sites for hydroxylation is 2. The van der Waals surface area contributed by atoms with Crippen LogP contribution in [0.2, 0.25) is 0 Å². The van der Waals surface area contributed by atoms with Crippen molar-refractivity contribution in [3.05, 3.63) is 10.6 Å². The number of carboxylic acid groups (broad SMARTS) is 1. The largest absolute Gasteiger partial charge is 0.479 e. The van der Waals surface area contributed by atoms with Crippen LogP contribution in [-0.4, -0.2) is 27.8 Å². The zero-order valence-corrected chi connectivity index (χ0v) is 10.2. The number of thiazole rings is 1. The Morgan fingerprint density at radius 1 is 1.41 bits per heavy atom. The first-order valence-corrected chi connectivity index (χ1v) is 5.42. The molecule has 2 N–H and O–H groups in total. The van der Waals surface area contributed by atoms with Crippen molar-refractivity contribution in [3.8, 4) is 0 Å². The highest BCUT2D eigenvalue weighted by atomic mass is 32.1. The Balaban J connectivity index is 3.08. The van der Waals surface area contributed by atoms with Crippen LogP contribution in [0.25, 0.3) is 0 Å². The molecular weight excluding hydrogens is 257 g/mol. The number of halogens is 3. The van der Waals surface area contributed by atoms with E-state index < -0.39 is 17.7 Å². The summed E-state index contributed by atoms with van der Waals surface area (Å²) in [5, 5.41) is 10.6. The number of nitrogens with zero attached hydrogens (tertiary/aromatic N) is 1. The van der Waals surface area contributed by atoms with Gasteiger partial charge in [0.05, 0.1) is 5.69 Å². The van der Waals surface area contributed by atoms with Crippen LogP contribution in [0.3, 0.4) is 0 Å². The smallest absolute Gasteiger partial charge is 0.422 e. The van der Waals surface area contributed by atoms with Crippen LogP contribution in [0.15, 0.2) is 0 Å². The molecule has 0 radical (unpaired) electrons. The zero-order chi connectivity index (χ0) is 13.4. The Morgan fingerprint density at radius 3 is 2.24 bits per heavy atom. The Hall–Kier alpha value is -1.31. The lowest BCUT2D eigenvalue weighted by atomic mass is 10.0. The summed E-state index contributed by atoms with van der Waals surface area (Å²) >= 11 is 0.989. The summed E-state index contributed by atoms with van der Waals surface area (Å²) in [7, 11) is 0. The fraction of sp³-hybridized carbons (Fsp3) is 0.556. The maximum atomic E-state index is 12.7. The van der Waals surface area contributed by atoms with Gasteiger partial charge in [-0.15, -0.1) is 11.3 Å². The highest BCUT2D eigenvalue weighted by molar-refractivity contribution is 7.15. The van der Waals surface area contributed by atoms with Crippen LogP contribution in [0.4, 0.5) is 18.3 Å². The zero-order valence-electron chi connectivity index (χ0n) is 9.34. The summed E-state index contributed by atoms with van der Waals surface area (Å²) in [4.78, 5) is 15.3. The van der Waals surface area contributed by atoms with Gasteiger partial charge in [0.25, 0.3) is 0 Å². The number of aliphatic carboxylic acids is 1. The van der Waals surface area contributed by atoms with Gasteiger partial charge < -0.3 is 10.4 Å². The summed E-state index contributed by atoms with van der Waals surface area (Å²) in [6.07, 6.45) is -4.91. The predicted octanol–water partition coefficient (Wildman–Crippen LogP) is 2.58. The van der Waals surface area contributed by atoms with E-state index in [0.29, 0.717) is 12.6 Å². The molecule has 1 aromatic rings. The van der Waals surface area contributed by atoms with E-state index in [0.717, 1.165) is 16.2 Å². The second kappa shape index (κ2) is 4.17. The first-order valence-electron chi connectivity index (χ1n) is 4.60. The maximum Gasteiger partial charge on any atom is 0.422 e. The molecule has 1 atom stereocenters. The van der Waals surface area contributed by atoms with Crippen molar-refractivity contribution < 1.29 is 23.1 Å². The molecule has 0 aliphatic rings. The molecule has 0 amide bonds. The third kappa shape index (κ3) is 2.51. The average molecular weight is 268 g/mol. The molecule has 0 saturated carbocycles. The number of carboxylic acids is 1. The monoisotopic (exact) mass is 268 g/mol. The second-order valence-corrected chi connectivity index (χ2v) is 4.92. The highest BCUT2D eigenvalue weighted by Crippen LogP contribution is 2.35. The number of aromatic nitrogens is 1. The Kier molecular flexibility index (Phi) is 3.37. The standard InChI is InChI=1S/C9H11F3N2O2S/c1-4-5(2)17-7(13-4)14-8(3,6(15)16)9(10,11)12/h1-3H3,(H,13,14)(H,15,16). The first-order chi connectivity index (χ1) is 7.58. The molecule has 4 nitrogen and oxygen atoms in total. The summed E-state index contributed by atoms with van der Waals surface area (Å²) in [5.41, 5.74) is -2.46. The minimum atomic E-state index is -4.91. The molecule has 0 aromatic carbocycles. The van der Waals surface area contributed by atoms with E-state index in [1.807, 2.05) is 5.32 Å². The van der Waals surface area contributed by atoms with Crippen molar-refractivity contribution in [2.75, 3.05) is 5.32 Å². The topological polar surface area (TPSA) is 62.2 Å². The summed E-state index contributed by atoms with van der Waals surface area (Å²) in [6.45, 7) is 3.91. The first kappa shape index (κ1) is 13.8. The Bertz CT molecular complexity index is 424. The number of anilines is 1. The van der Waals surface area contributed by atoms with E-state index in [4.69, 9.17) is 5.11 Å². The van der Waals surface area contributed by atoms with Gasteiger partial charge in [0.2, 0.25) is 5.54 Å². The molecule has 96 valence electrons. The van der Waals surface area contributed by atoms with Crippen molar-refractivity contribution in [2.24, 2.45) is 0 Å². The van der Waals surface area contributed by atoms with E-state index in [-0.39, 0.29) is 5.13 Å². The van der Waals surface area contributed by atoms with E-state index in [9.17, 15) is 18.0 Å². The molecule has 1 heterocycles. The van der Waals surface area contributed by atoms with E-state index in [1.165, 1.54) is 0 Å². The highest BCUT2D eigenvalue weighted by Gasteiger charge is 2.58. The Morgan fingerprint density at radius 2 is 1.94 bits per heavy atom. The molecule has 1 aromatic heterocycles. The van der Waals surface area contributed by atoms with Gasteiger partial charge in [-0.1, -0.05) is 0 Å². The average Bonchev–Trinajstić information content (AvgIpc) is 2.43. The molecule has 0 aliphatic carbocycles. The lowest BCUT2D eigenvalue weighted by Gasteiger charge is -2.28. The van der Waals surface area contributed by atoms with Crippen LogP contribution in [0, 0.1) is 13.8 Å². The fourth-order valence-corrected chi connectivity index (χ4v) is 1.91. The third-order valence-corrected chi connectivity index (χ3v) is 3.37. The molecule has 0 spiro atoms. The van der Waals surface area contributed by atoms with Gasteiger partial charge in [-0.05, 0) is 20.8 Å². The van der Waals surface area contributed by atoms with Gasteiger partial charge in [-0.3, -0.25) is 0 Å². The number of hydrogen-bond donors (Lipinski definition) is 2. The van der Waals surface area contributed by atoms with Gasteiger partial charge >= 0.3 is 12.1 Å². The molecule has 17 heavy (non-hydrogen) atoms. The molecule has 0 aliphatic heterocycles. The van der Waals surface area contributed by atoms with Gasteiger partial charge in [0.15, 0.2) is 5.13 Å². The van der Waals surface area contributed by atoms with Gasteiger partial charge in [-0.2, -0.15) is 13.2 Å². The molecule has 0 bridgehead atoms. The molecule has 0 fully saturated rings. The fourth-order valence-electron chi connectivity index (χ4n) is 0.986. The van der Waals surface area contributed by atoms with Crippen molar-refractivity contribution in [1.29, 1.82) is 0 Å². The van der Waals surface area contributed by atoms with Gasteiger partial charge in [-0.25, -0.2) is 9.78 Å². The number of rotatable bonds is 3. The van der Waals surface area contributed by atoms with E-state index >= 15 is 0 Å². The summed E-state index contributed by atoms with van der Waals surface area (Å²) in [5.74, 6) is -1.99. The van der Waals surface area contributed by atoms with Crippen molar-refractivity contribution in [2.45, 2.75) is 32.5 Å². The lowest BCUT2D eigenvalue weighted by molar-refractivity contribution is -0.192. The minimum Gasteiger partial charge on any atom is -0.479 e. The number of alkyl halides is 3. The second-order valence-electron chi connectivity index (χ2n) is 3.71. The maximum absolute atomic E-state index is 12.7. The van der Waals surface area contributed by atoms with Crippen LogP contribution < -0.4 is 5.32 Å². The molecule has 1 unspecified atom stereocenters. The van der Waals surface area contributed by atoms with E-state index in [2.05, 4.69) is 4.98 Å². The minimum absolute atomic E-state index is 0.0535. The molecule has 1 rings (SSSR count). The van der Waals surface area contributed by atoms with E-state index in [1.54, 1.807) is 13.8 Å². The van der Waals surface area contributed by atoms with Crippen molar-refractivity contribution >= 4 is 22.4 Å². The van der Waals surface area contributed by atoms with Crippen LogP contribution in [0.5, 0.6) is 0 Å². The van der Waals surface area contributed by atoms with Crippen molar-refractivity contribution in [1.82, 2.24) is 4.98 Å². The third-order valence-electron chi connectivity index (χ3n) is 2.38. The summed E-state index contributed by atoms with van der Waals surface area (Å²) < 4.78 is 38.0. The predicted molar refractivity (Wildman–Crippen MR) is 57.3 cm³/mol. The number of hydrogen-bond acceptors (Lipinski definition) is 4. The van der Waals surface area contributed by atoms with Crippen LogP contribution in [-0.2, 0) is 4.79 Å². The quantitative estimate of drug-likeness (QED) is 0.884. The Labute approximate surface area is 99.5 Å². The van der Waals surface area contributed by atoms with Crippen LogP contribution in [0.1, 0.15) is 17.5 Å². The molecule has 8 heteroatoms. The van der Waals surface area contributed by atoms with Gasteiger partial charge in [0, 0.05) is 4.88 Å². The SMILES string of the molecule is Cc1nc(NC(C)(C(=O)O)C(F)(F)F)sc1C. The molecular formula is C9H11F3N2O2S.